The molecule has 0 amide bonds. The molecule has 0 saturated heterocycles. The van der Waals surface area contributed by atoms with Crippen LogP contribution < -0.4 is 5.73 Å². The van der Waals surface area contributed by atoms with Gasteiger partial charge in [0.2, 0.25) is 0 Å². The Morgan fingerprint density at radius 2 is 2.00 bits per heavy atom. The minimum atomic E-state index is -0.467. The Hall–Kier alpha value is -1.23. The first-order valence-corrected chi connectivity index (χ1v) is 7.43. The van der Waals surface area contributed by atoms with Crippen LogP contribution in [0.2, 0.25) is 10.0 Å². The molecule has 2 nitrogen and oxygen atoms in total. The van der Waals surface area contributed by atoms with E-state index in [4.69, 9.17) is 34.3 Å². The van der Waals surface area contributed by atoms with Gasteiger partial charge in [0, 0.05) is 15.7 Å². The topological polar surface area (TPSA) is 49.9 Å². The predicted octanol–water partition coefficient (Wildman–Crippen LogP) is 4.71. The Morgan fingerprint density at radius 3 is 2.70 bits per heavy atom. The summed E-state index contributed by atoms with van der Waals surface area (Å²) in [6.45, 7) is 0. The smallest absolute Gasteiger partial charge is 0.138 e. The largest absolute Gasteiger partial charge is 0.384 e. The minimum absolute atomic E-state index is 0.111. The molecule has 0 aliphatic carbocycles. The van der Waals surface area contributed by atoms with Gasteiger partial charge < -0.3 is 5.73 Å². The second-order valence-electron chi connectivity index (χ2n) is 4.06. The van der Waals surface area contributed by atoms with Crippen LogP contribution in [0.25, 0.3) is 0 Å². The van der Waals surface area contributed by atoms with E-state index in [2.05, 4.69) is 0 Å². The third kappa shape index (κ3) is 3.45. The molecule has 0 aromatic heterocycles. The van der Waals surface area contributed by atoms with Gasteiger partial charge in [-0.15, -0.1) is 11.8 Å². The molecule has 0 spiro atoms. The van der Waals surface area contributed by atoms with E-state index >= 15 is 0 Å². The lowest BCUT2D eigenvalue weighted by molar-refractivity contribution is 0.614. The number of nitrogen functional groups attached to an aromatic ring is 1. The molecule has 20 heavy (non-hydrogen) atoms. The molecule has 0 radical (unpaired) electrons. The monoisotopic (exact) mass is 328 g/mol. The Labute approximate surface area is 130 Å². The minimum Gasteiger partial charge on any atom is -0.384 e. The van der Waals surface area contributed by atoms with E-state index in [1.54, 1.807) is 30.3 Å². The van der Waals surface area contributed by atoms with Crippen molar-refractivity contribution in [1.82, 2.24) is 0 Å². The van der Waals surface area contributed by atoms with Crippen LogP contribution in [0.1, 0.15) is 11.1 Å². The summed E-state index contributed by atoms with van der Waals surface area (Å²) in [4.78, 5) is 0.784. The van der Waals surface area contributed by atoms with E-state index in [9.17, 15) is 4.39 Å². The van der Waals surface area contributed by atoms with Crippen LogP contribution in [-0.2, 0) is 5.75 Å². The summed E-state index contributed by atoms with van der Waals surface area (Å²) in [5.41, 5.74) is 5.92. The number of amidine groups is 1. The van der Waals surface area contributed by atoms with Crippen molar-refractivity contribution < 1.29 is 4.39 Å². The number of hydrogen-bond donors (Lipinski definition) is 2. The summed E-state index contributed by atoms with van der Waals surface area (Å²) in [6.07, 6.45) is 0. The highest BCUT2D eigenvalue weighted by Crippen LogP contribution is 2.32. The summed E-state index contributed by atoms with van der Waals surface area (Å²) in [7, 11) is 0. The number of thioether (sulfide) groups is 1. The van der Waals surface area contributed by atoms with E-state index in [1.165, 1.54) is 17.8 Å². The van der Waals surface area contributed by atoms with Gasteiger partial charge in [0.15, 0.2) is 0 Å². The molecule has 3 N–H and O–H groups in total. The molecule has 0 fully saturated rings. The molecule has 2 aromatic carbocycles. The highest BCUT2D eigenvalue weighted by atomic mass is 35.5. The van der Waals surface area contributed by atoms with Crippen molar-refractivity contribution in [1.29, 1.82) is 5.41 Å². The zero-order valence-electron chi connectivity index (χ0n) is 10.3. The Bertz CT molecular complexity index is 662. The van der Waals surface area contributed by atoms with E-state index in [0.717, 1.165) is 4.90 Å². The number of benzene rings is 2. The molecule has 0 heterocycles. The highest BCUT2D eigenvalue weighted by Gasteiger charge is 2.11. The number of rotatable bonds is 4. The molecule has 104 valence electrons. The van der Waals surface area contributed by atoms with Crippen LogP contribution in [-0.4, -0.2) is 5.84 Å². The maximum Gasteiger partial charge on any atom is 0.138 e. The van der Waals surface area contributed by atoms with Gasteiger partial charge in [0.1, 0.15) is 11.7 Å². The first kappa shape index (κ1) is 15.2. The van der Waals surface area contributed by atoms with Gasteiger partial charge >= 0.3 is 0 Å². The second kappa shape index (κ2) is 6.48. The number of nitrogens with one attached hydrogen (secondary N) is 1. The number of halogens is 3. The zero-order chi connectivity index (χ0) is 14.7. The van der Waals surface area contributed by atoms with E-state index in [1.807, 2.05) is 0 Å². The van der Waals surface area contributed by atoms with Gasteiger partial charge in [-0.25, -0.2) is 4.39 Å². The Kier molecular flexibility index (Phi) is 4.91. The van der Waals surface area contributed by atoms with E-state index in [0.29, 0.717) is 21.4 Å². The molecule has 0 saturated carbocycles. The van der Waals surface area contributed by atoms with Crippen molar-refractivity contribution in [3.05, 3.63) is 63.4 Å². The first-order chi connectivity index (χ1) is 9.49. The van der Waals surface area contributed by atoms with Crippen molar-refractivity contribution in [2.75, 3.05) is 0 Å². The lowest BCUT2D eigenvalue weighted by atomic mass is 10.1. The molecular weight excluding hydrogens is 318 g/mol. The van der Waals surface area contributed by atoms with Crippen LogP contribution >= 0.6 is 35.0 Å². The van der Waals surface area contributed by atoms with Crippen LogP contribution in [0, 0.1) is 11.2 Å². The summed E-state index contributed by atoms with van der Waals surface area (Å²) >= 11 is 13.3. The highest BCUT2D eigenvalue weighted by molar-refractivity contribution is 7.98. The second-order valence-corrected chi connectivity index (χ2v) is 5.92. The first-order valence-electron chi connectivity index (χ1n) is 5.68. The maximum absolute atomic E-state index is 14.1. The standard InChI is InChI=1S/C14H11Cl2FN2S/c15-9-4-5-11(16)12(6-9)20-7-8-2-1-3-10(13(8)17)14(18)19/h1-6H,7H2,(H3,18,19). The van der Waals surface area contributed by atoms with Crippen LogP contribution in [0.15, 0.2) is 41.3 Å². The molecule has 0 bridgehead atoms. The lowest BCUT2D eigenvalue weighted by Gasteiger charge is -2.08. The van der Waals surface area contributed by atoms with Crippen molar-refractivity contribution >= 4 is 40.8 Å². The van der Waals surface area contributed by atoms with Gasteiger partial charge in [0.25, 0.3) is 0 Å². The summed E-state index contributed by atoms with van der Waals surface area (Å²) < 4.78 is 14.1. The molecular formula is C14H11Cl2FN2S. The average molecular weight is 329 g/mol. The number of nitrogens with two attached hydrogens (primary N) is 1. The fraction of sp³-hybridized carbons (Fsp3) is 0.0714. The molecule has 6 heteroatoms. The van der Waals surface area contributed by atoms with Crippen molar-refractivity contribution in [2.45, 2.75) is 10.6 Å². The lowest BCUT2D eigenvalue weighted by Crippen LogP contribution is -2.14. The molecule has 2 aromatic rings. The van der Waals surface area contributed by atoms with Gasteiger partial charge in [-0.3, -0.25) is 5.41 Å². The van der Waals surface area contributed by atoms with Crippen molar-refractivity contribution in [3.8, 4) is 0 Å². The third-order valence-electron chi connectivity index (χ3n) is 2.65. The molecule has 2 rings (SSSR count). The SMILES string of the molecule is N=C(N)c1cccc(CSc2cc(Cl)ccc2Cl)c1F. The quantitative estimate of drug-likeness (QED) is 0.485. The van der Waals surface area contributed by atoms with Gasteiger partial charge in [-0.1, -0.05) is 35.3 Å². The van der Waals surface area contributed by atoms with Crippen LogP contribution in [0.4, 0.5) is 4.39 Å². The van der Waals surface area contributed by atoms with Gasteiger partial charge in [-0.2, -0.15) is 0 Å². The average Bonchev–Trinajstić information content (AvgIpc) is 2.41. The van der Waals surface area contributed by atoms with Crippen LogP contribution in [0.5, 0.6) is 0 Å². The van der Waals surface area contributed by atoms with E-state index < -0.39 is 5.82 Å². The fourth-order valence-corrected chi connectivity index (χ4v) is 3.11. The van der Waals surface area contributed by atoms with Gasteiger partial charge in [0.05, 0.1) is 10.6 Å². The Balaban J connectivity index is 2.21. The van der Waals surface area contributed by atoms with E-state index in [-0.39, 0.29) is 11.4 Å². The van der Waals surface area contributed by atoms with Gasteiger partial charge in [-0.05, 0) is 29.8 Å². The third-order valence-corrected chi connectivity index (χ3v) is 4.43. The predicted molar refractivity (Wildman–Crippen MR) is 83.4 cm³/mol. The normalized spacial score (nSPS) is 10.6. The van der Waals surface area contributed by atoms with Crippen molar-refractivity contribution in [3.63, 3.8) is 0 Å². The fourth-order valence-electron chi connectivity index (χ4n) is 1.64. The van der Waals surface area contributed by atoms with Crippen molar-refractivity contribution in [2.24, 2.45) is 5.73 Å². The maximum atomic E-state index is 14.1. The molecule has 0 aliphatic heterocycles. The molecule has 0 unspecified atom stereocenters. The zero-order valence-corrected chi connectivity index (χ0v) is 12.6. The number of hydrogen-bond acceptors (Lipinski definition) is 2. The van der Waals surface area contributed by atoms with Crippen LogP contribution in [0.3, 0.4) is 0 Å². The summed E-state index contributed by atoms with van der Waals surface area (Å²) in [5, 5.41) is 8.47. The molecule has 0 atom stereocenters. The summed E-state index contributed by atoms with van der Waals surface area (Å²) in [6, 6.07) is 9.96. The summed E-state index contributed by atoms with van der Waals surface area (Å²) in [5.74, 6) is -0.367. The molecule has 0 aliphatic rings. The Morgan fingerprint density at radius 1 is 1.25 bits per heavy atom.